The van der Waals surface area contributed by atoms with Crippen LogP contribution >= 0.6 is 11.6 Å². The van der Waals surface area contributed by atoms with E-state index in [1.807, 2.05) is 0 Å². The van der Waals surface area contributed by atoms with E-state index in [-0.39, 0.29) is 17.9 Å². The van der Waals surface area contributed by atoms with Gasteiger partial charge in [-0.05, 0) is 19.3 Å². The smallest absolute Gasteiger partial charge is 0.227 e. The number of hydrogen-bond donors (Lipinski definition) is 2. The van der Waals surface area contributed by atoms with Gasteiger partial charge in [0, 0.05) is 24.1 Å². The molecule has 2 rings (SSSR count). The lowest BCUT2D eigenvalue weighted by molar-refractivity contribution is -0.120. The molecule has 1 saturated carbocycles. The molecular weight excluding hydrogens is 292 g/mol. The third-order valence-corrected chi connectivity index (χ3v) is 4.13. The minimum Gasteiger partial charge on any atom is -0.493 e. The standard InChI is InChI=1S/C15H21ClN2O3/c1-20-13-7-11(16)12(8-14(13)21-2)18-15(19)9-4-3-5-10(17)6-9/h7-10H,3-6,17H2,1-2H3,(H,18,19). The number of ether oxygens (including phenoxy) is 2. The number of amides is 1. The predicted molar refractivity (Wildman–Crippen MR) is 83.1 cm³/mol. The summed E-state index contributed by atoms with van der Waals surface area (Å²) < 4.78 is 10.4. The van der Waals surface area contributed by atoms with Gasteiger partial charge in [0.1, 0.15) is 0 Å². The molecule has 0 saturated heterocycles. The number of benzene rings is 1. The van der Waals surface area contributed by atoms with Gasteiger partial charge in [-0.3, -0.25) is 4.79 Å². The van der Waals surface area contributed by atoms with Crippen LogP contribution in [0.25, 0.3) is 0 Å². The van der Waals surface area contributed by atoms with Gasteiger partial charge in [0.05, 0.1) is 24.9 Å². The molecular formula is C15H21ClN2O3. The SMILES string of the molecule is COc1cc(Cl)c(NC(=O)C2CCCC(N)C2)cc1OC. The second kappa shape index (κ2) is 7.00. The van der Waals surface area contributed by atoms with Crippen LogP contribution in [0.1, 0.15) is 25.7 Å². The van der Waals surface area contributed by atoms with Crippen molar-refractivity contribution in [1.82, 2.24) is 0 Å². The van der Waals surface area contributed by atoms with E-state index in [9.17, 15) is 4.79 Å². The molecule has 1 fully saturated rings. The summed E-state index contributed by atoms with van der Waals surface area (Å²) in [4.78, 5) is 12.3. The van der Waals surface area contributed by atoms with Gasteiger partial charge in [-0.1, -0.05) is 18.0 Å². The molecule has 116 valence electrons. The number of nitrogens with one attached hydrogen (secondary N) is 1. The maximum absolute atomic E-state index is 12.3. The molecule has 0 bridgehead atoms. The molecule has 0 heterocycles. The van der Waals surface area contributed by atoms with Crippen LogP contribution in [0.4, 0.5) is 5.69 Å². The minimum absolute atomic E-state index is 0.0423. The molecule has 21 heavy (non-hydrogen) atoms. The number of nitrogens with two attached hydrogens (primary N) is 1. The molecule has 1 aromatic rings. The largest absolute Gasteiger partial charge is 0.493 e. The van der Waals surface area contributed by atoms with Gasteiger partial charge < -0.3 is 20.5 Å². The second-order valence-electron chi connectivity index (χ2n) is 5.30. The first kappa shape index (κ1) is 15.9. The first-order chi connectivity index (χ1) is 10.0. The Morgan fingerprint density at radius 2 is 1.95 bits per heavy atom. The maximum Gasteiger partial charge on any atom is 0.227 e. The second-order valence-corrected chi connectivity index (χ2v) is 5.71. The Balaban J connectivity index is 2.13. The number of halogens is 1. The molecule has 0 radical (unpaired) electrons. The number of carbonyl (C=O) groups excluding carboxylic acids is 1. The van der Waals surface area contributed by atoms with Gasteiger partial charge in [0.15, 0.2) is 11.5 Å². The molecule has 1 aromatic carbocycles. The quantitative estimate of drug-likeness (QED) is 0.896. The maximum atomic E-state index is 12.3. The highest BCUT2D eigenvalue weighted by molar-refractivity contribution is 6.34. The summed E-state index contributed by atoms with van der Waals surface area (Å²) in [6, 6.07) is 3.40. The monoisotopic (exact) mass is 312 g/mol. The lowest BCUT2D eigenvalue weighted by Crippen LogP contribution is -2.34. The molecule has 0 aromatic heterocycles. The molecule has 1 amide bonds. The molecule has 2 unspecified atom stereocenters. The Morgan fingerprint density at radius 1 is 1.29 bits per heavy atom. The van der Waals surface area contributed by atoms with Crippen LogP contribution in [0.5, 0.6) is 11.5 Å². The van der Waals surface area contributed by atoms with Crippen molar-refractivity contribution < 1.29 is 14.3 Å². The lowest BCUT2D eigenvalue weighted by atomic mass is 9.85. The average molecular weight is 313 g/mol. The number of rotatable bonds is 4. The van der Waals surface area contributed by atoms with Crippen LogP contribution in [0.3, 0.4) is 0 Å². The first-order valence-corrected chi connectivity index (χ1v) is 7.41. The van der Waals surface area contributed by atoms with Crippen molar-refractivity contribution in [2.75, 3.05) is 19.5 Å². The summed E-state index contributed by atoms with van der Waals surface area (Å²) >= 11 is 6.17. The van der Waals surface area contributed by atoms with Gasteiger partial charge in [-0.25, -0.2) is 0 Å². The highest BCUT2D eigenvalue weighted by Gasteiger charge is 2.26. The molecule has 0 aliphatic heterocycles. The van der Waals surface area contributed by atoms with Crippen molar-refractivity contribution in [1.29, 1.82) is 0 Å². The number of methoxy groups -OCH3 is 2. The zero-order valence-corrected chi connectivity index (χ0v) is 13.1. The van der Waals surface area contributed by atoms with Crippen LogP contribution in [0.15, 0.2) is 12.1 Å². The summed E-state index contributed by atoms with van der Waals surface area (Å²) in [5, 5.41) is 3.28. The van der Waals surface area contributed by atoms with E-state index < -0.39 is 0 Å². The highest BCUT2D eigenvalue weighted by Crippen LogP contribution is 2.36. The first-order valence-electron chi connectivity index (χ1n) is 7.03. The minimum atomic E-state index is -0.0575. The zero-order valence-electron chi connectivity index (χ0n) is 12.3. The Kier molecular flexibility index (Phi) is 5.31. The van der Waals surface area contributed by atoms with Gasteiger partial charge in [0.2, 0.25) is 5.91 Å². The van der Waals surface area contributed by atoms with E-state index in [1.165, 1.54) is 14.2 Å². The molecule has 2 atom stereocenters. The molecule has 1 aliphatic rings. The molecule has 3 N–H and O–H groups in total. The van der Waals surface area contributed by atoms with Gasteiger partial charge in [0.25, 0.3) is 0 Å². The normalized spacial score (nSPS) is 21.7. The van der Waals surface area contributed by atoms with Crippen LogP contribution in [-0.2, 0) is 4.79 Å². The Morgan fingerprint density at radius 3 is 2.57 bits per heavy atom. The van der Waals surface area contributed by atoms with E-state index in [2.05, 4.69) is 5.32 Å². The fourth-order valence-electron chi connectivity index (χ4n) is 2.65. The third kappa shape index (κ3) is 3.80. The number of carbonyl (C=O) groups is 1. The Bertz CT molecular complexity index is 522. The summed E-state index contributed by atoms with van der Waals surface area (Å²) in [6.45, 7) is 0. The average Bonchev–Trinajstić information content (AvgIpc) is 2.48. The van der Waals surface area contributed by atoms with Crippen LogP contribution in [0, 0.1) is 5.92 Å². The van der Waals surface area contributed by atoms with Crippen LogP contribution in [-0.4, -0.2) is 26.2 Å². The number of anilines is 1. The highest BCUT2D eigenvalue weighted by atomic mass is 35.5. The molecule has 1 aliphatic carbocycles. The van der Waals surface area contributed by atoms with Crippen molar-refractivity contribution in [3.05, 3.63) is 17.2 Å². The topological polar surface area (TPSA) is 73.6 Å². The van der Waals surface area contributed by atoms with Gasteiger partial charge in [-0.2, -0.15) is 0 Å². The molecule has 6 heteroatoms. The predicted octanol–water partition coefficient (Wildman–Crippen LogP) is 2.81. The van der Waals surface area contributed by atoms with Crippen molar-refractivity contribution in [2.45, 2.75) is 31.7 Å². The summed E-state index contributed by atoms with van der Waals surface area (Å²) in [6.07, 6.45) is 3.56. The number of hydrogen-bond acceptors (Lipinski definition) is 4. The zero-order chi connectivity index (χ0) is 15.4. The summed E-state index contributed by atoms with van der Waals surface area (Å²) in [7, 11) is 3.08. The third-order valence-electron chi connectivity index (χ3n) is 3.82. The summed E-state index contributed by atoms with van der Waals surface area (Å²) in [5.41, 5.74) is 6.45. The van der Waals surface area contributed by atoms with E-state index in [0.717, 1.165) is 25.7 Å². The Labute approximate surface area is 129 Å². The molecule has 5 nitrogen and oxygen atoms in total. The van der Waals surface area contributed by atoms with Gasteiger partial charge >= 0.3 is 0 Å². The van der Waals surface area contributed by atoms with E-state index in [0.29, 0.717) is 22.2 Å². The van der Waals surface area contributed by atoms with Crippen molar-refractivity contribution in [3.63, 3.8) is 0 Å². The van der Waals surface area contributed by atoms with Crippen molar-refractivity contribution in [2.24, 2.45) is 11.7 Å². The lowest BCUT2D eigenvalue weighted by Gasteiger charge is -2.26. The van der Waals surface area contributed by atoms with Gasteiger partial charge in [-0.15, -0.1) is 0 Å². The van der Waals surface area contributed by atoms with E-state index >= 15 is 0 Å². The van der Waals surface area contributed by atoms with Crippen molar-refractivity contribution >= 4 is 23.2 Å². The fraction of sp³-hybridized carbons (Fsp3) is 0.533. The van der Waals surface area contributed by atoms with Crippen molar-refractivity contribution in [3.8, 4) is 11.5 Å². The fourth-order valence-corrected chi connectivity index (χ4v) is 2.85. The summed E-state index contributed by atoms with van der Waals surface area (Å²) in [5.74, 6) is 0.954. The molecule has 0 spiro atoms. The Hall–Kier alpha value is -1.46. The van der Waals surface area contributed by atoms with Crippen LogP contribution < -0.4 is 20.5 Å². The van der Waals surface area contributed by atoms with E-state index in [1.54, 1.807) is 12.1 Å². The van der Waals surface area contributed by atoms with Crippen LogP contribution in [0.2, 0.25) is 5.02 Å². The van der Waals surface area contributed by atoms with E-state index in [4.69, 9.17) is 26.8 Å².